The second-order valence-electron chi connectivity index (χ2n) is 7.37. The molecule has 0 aliphatic carbocycles. The highest BCUT2D eigenvalue weighted by atomic mass is 35.5. The van der Waals surface area contributed by atoms with Crippen molar-refractivity contribution < 1.29 is 9.18 Å². The molecular weight excluding hydrogens is 425 g/mol. The van der Waals surface area contributed by atoms with Crippen LogP contribution in [0.15, 0.2) is 39.9 Å². The van der Waals surface area contributed by atoms with Gasteiger partial charge in [-0.2, -0.15) is 15.1 Å². The Morgan fingerprint density at radius 3 is 2.67 bits per heavy atom. The third kappa shape index (κ3) is 3.40. The number of hydrogen-bond acceptors (Lipinski definition) is 4. The Kier molecular flexibility index (Phi) is 5.15. The number of halogens is 2. The Morgan fingerprint density at radius 2 is 2.00 bits per heavy atom. The molecule has 2 aromatic rings. The zero-order valence-corrected chi connectivity index (χ0v) is 18.4. The molecule has 0 unspecified atom stereocenters. The van der Waals surface area contributed by atoms with Crippen molar-refractivity contribution in [3.63, 3.8) is 0 Å². The minimum atomic E-state index is -0.482. The van der Waals surface area contributed by atoms with E-state index in [1.165, 1.54) is 22.8 Å². The minimum Gasteiger partial charge on any atom is -0.318 e. The van der Waals surface area contributed by atoms with E-state index in [1.807, 2.05) is 38.3 Å². The summed E-state index contributed by atoms with van der Waals surface area (Å²) in [4.78, 5) is 16.8. The predicted octanol–water partition coefficient (Wildman–Crippen LogP) is 5.16. The standard InChI is InChI=1S/C21H19ClFN5OS/c1-10(2)20-26-28-18(24)15(19(29)25-21(28)30-20)8-13-7-11(3)27(12(13)4)14-5-6-17(23)16(22)9-14/h5-10,24H,1-4H3/b15-8-,24-18?. The summed E-state index contributed by atoms with van der Waals surface area (Å²) in [7, 11) is 0. The number of benzene rings is 1. The summed E-state index contributed by atoms with van der Waals surface area (Å²) in [6.45, 7) is 7.81. The number of nitrogens with zero attached hydrogens (tertiary/aromatic N) is 4. The molecule has 9 heteroatoms. The fraction of sp³-hybridized carbons (Fsp3) is 0.238. The Hall–Kier alpha value is -2.71. The third-order valence-electron chi connectivity index (χ3n) is 4.90. The first-order valence-corrected chi connectivity index (χ1v) is 10.5. The van der Waals surface area contributed by atoms with Gasteiger partial charge in [-0.1, -0.05) is 25.4 Å². The van der Waals surface area contributed by atoms with E-state index >= 15 is 0 Å². The molecule has 3 heterocycles. The average Bonchev–Trinajstić information content (AvgIpc) is 3.22. The molecule has 0 atom stereocenters. The zero-order chi connectivity index (χ0) is 21.7. The highest BCUT2D eigenvalue weighted by Crippen LogP contribution is 2.32. The van der Waals surface area contributed by atoms with Crippen molar-refractivity contribution in [2.45, 2.75) is 27.7 Å². The molecule has 2 aliphatic heterocycles. The van der Waals surface area contributed by atoms with Crippen LogP contribution in [-0.4, -0.2) is 31.5 Å². The molecule has 0 fully saturated rings. The van der Waals surface area contributed by atoms with Crippen LogP contribution in [0.25, 0.3) is 11.8 Å². The highest BCUT2D eigenvalue weighted by molar-refractivity contribution is 8.27. The van der Waals surface area contributed by atoms with Crippen molar-refractivity contribution in [3.05, 3.63) is 57.6 Å². The maximum atomic E-state index is 13.6. The lowest BCUT2D eigenvalue weighted by Crippen LogP contribution is -2.35. The van der Waals surface area contributed by atoms with E-state index in [2.05, 4.69) is 10.1 Å². The van der Waals surface area contributed by atoms with Gasteiger partial charge in [0.1, 0.15) is 10.9 Å². The van der Waals surface area contributed by atoms with Gasteiger partial charge >= 0.3 is 0 Å². The first-order valence-electron chi connectivity index (χ1n) is 9.32. The van der Waals surface area contributed by atoms with Crippen LogP contribution in [0.5, 0.6) is 0 Å². The molecular formula is C21H19ClFN5OS. The topological polar surface area (TPSA) is 73.8 Å². The monoisotopic (exact) mass is 443 g/mol. The Morgan fingerprint density at radius 1 is 1.27 bits per heavy atom. The number of aryl methyl sites for hydroxylation is 1. The molecule has 6 nitrogen and oxygen atoms in total. The molecule has 0 radical (unpaired) electrons. The van der Waals surface area contributed by atoms with Gasteiger partial charge in [0, 0.05) is 23.0 Å². The Balaban J connectivity index is 1.75. The fourth-order valence-corrected chi connectivity index (χ4v) is 4.42. The first kappa shape index (κ1) is 20.6. The fourth-order valence-electron chi connectivity index (χ4n) is 3.35. The van der Waals surface area contributed by atoms with Gasteiger partial charge in [-0.25, -0.2) is 4.39 Å². The average molecular weight is 444 g/mol. The van der Waals surface area contributed by atoms with Crippen LogP contribution in [0.1, 0.15) is 30.8 Å². The largest absolute Gasteiger partial charge is 0.318 e. The van der Waals surface area contributed by atoms with Crippen LogP contribution < -0.4 is 0 Å². The maximum Gasteiger partial charge on any atom is 0.283 e. The van der Waals surface area contributed by atoms with Gasteiger partial charge < -0.3 is 4.57 Å². The molecule has 30 heavy (non-hydrogen) atoms. The molecule has 0 spiro atoms. The second-order valence-corrected chi connectivity index (χ2v) is 8.77. The van der Waals surface area contributed by atoms with Crippen molar-refractivity contribution in [2.75, 3.05) is 0 Å². The number of hydrogen-bond donors (Lipinski definition) is 1. The number of amidine groups is 2. The van der Waals surface area contributed by atoms with E-state index in [1.54, 1.807) is 18.2 Å². The number of aromatic nitrogens is 1. The molecule has 0 saturated carbocycles. The summed E-state index contributed by atoms with van der Waals surface area (Å²) in [6, 6.07) is 6.43. The van der Waals surface area contributed by atoms with Gasteiger partial charge in [0.25, 0.3) is 5.91 Å². The summed E-state index contributed by atoms with van der Waals surface area (Å²) in [6.07, 6.45) is 1.66. The Labute approximate surface area is 182 Å². The number of aliphatic imine (C=N–C) groups is 1. The van der Waals surface area contributed by atoms with Crippen LogP contribution in [0.4, 0.5) is 4.39 Å². The van der Waals surface area contributed by atoms with E-state index in [-0.39, 0.29) is 22.3 Å². The number of thioether (sulfide) groups is 1. The molecule has 0 saturated heterocycles. The van der Waals surface area contributed by atoms with Gasteiger partial charge in [-0.15, -0.1) is 0 Å². The van der Waals surface area contributed by atoms with Crippen molar-refractivity contribution in [2.24, 2.45) is 16.0 Å². The van der Waals surface area contributed by atoms with Crippen molar-refractivity contribution >= 4 is 51.4 Å². The number of rotatable bonds is 3. The molecule has 154 valence electrons. The molecule has 1 amide bonds. The summed E-state index contributed by atoms with van der Waals surface area (Å²) >= 11 is 7.26. The predicted molar refractivity (Wildman–Crippen MR) is 120 cm³/mol. The maximum absolute atomic E-state index is 13.6. The number of carbonyl (C=O) groups excluding carboxylic acids is 1. The smallest absolute Gasteiger partial charge is 0.283 e. The number of nitrogens with one attached hydrogen (secondary N) is 1. The minimum absolute atomic E-state index is 0.00257. The van der Waals surface area contributed by atoms with Crippen molar-refractivity contribution in [1.82, 2.24) is 9.58 Å². The van der Waals surface area contributed by atoms with Crippen LogP contribution in [-0.2, 0) is 4.79 Å². The lowest BCUT2D eigenvalue weighted by atomic mass is 10.1. The van der Waals surface area contributed by atoms with Gasteiger partial charge in [-0.05, 0) is 61.5 Å². The first-order chi connectivity index (χ1) is 14.2. The van der Waals surface area contributed by atoms with Crippen LogP contribution in [0.3, 0.4) is 0 Å². The number of fused-ring (bicyclic) bond motifs is 1. The third-order valence-corrected chi connectivity index (χ3v) is 6.39. The van der Waals surface area contributed by atoms with Gasteiger partial charge in [0.15, 0.2) is 5.84 Å². The number of carbonyl (C=O) groups is 1. The van der Waals surface area contributed by atoms with Gasteiger partial charge in [-0.3, -0.25) is 10.2 Å². The quantitative estimate of drug-likeness (QED) is 0.665. The lowest BCUT2D eigenvalue weighted by Gasteiger charge is -2.20. The molecule has 1 N–H and O–H groups in total. The summed E-state index contributed by atoms with van der Waals surface area (Å²) in [5, 5.41) is 15.6. The van der Waals surface area contributed by atoms with Crippen molar-refractivity contribution in [3.8, 4) is 5.69 Å². The van der Waals surface area contributed by atoms with Crippen molar-refractivity contribution in [1.29, 1.82) is 5.41 Å². The second kappa shape index (κ2) is 7.52. The van der Waals surface area contributed by atoms with Gasteiger partial charge in [0.2, 0.25) is 5.17 Å². The van der Waals surface area contributed by atoms with Crippen LogP contribution >= 0.6 is 23.4 Å². The zero-order valence-electron chi connectivity index (χ0n) is 16.8. The number of hydrazone groups is 1. The van der Waals surface area contributed by atoms with E-state index < -0.39 is 11.7 Å². The lowest BCUT2D eigenvalue weighted by molar-refractivity contribution is -0.114. The van der Waals surface area contributed by atoms with Gasteiger partial charge in [0.05, 0.1) is 10.6 Å². The SMILES string of the molecule is Cc1cc(/C=C2/C(=N)N3N=C(C(C)C)SC3=NC2=O)c(C)n1-c1ccc(F)c(Cl)c1. The molecule has 0 bridgehead atoms. The Bertz CT molecular complexity index is 1190. The van der Waals surface area contributed by atoms with E-state index in [0.29, 0.717) is 10.9 Å². The molecule has 1 aromatic heterocycles. The summed E-state index contributed by atoms with van der Waals surface area (Å²) < 4.78 is 15.5. The highest BCUT2D eigenvalue weighted by Gasteiger charge is 2.36. The summed E-state index contributed by atoms with van der Waals surface area (Å²) in [5.41, 5.74) is 3.37. The van der Waals surface area contributed by atoms with E-state index in [0.717, 1.165) is 22.0 Å². The van der Waals surface area contributed by atoms with E-state index in [4.69, 9.17) is 17.0 Å². The van der Waals surface area contributed by atoms with E-state index in [9.17, 15) is 9.18 Å². The molecule has 2 aliphatic rings. The van der Waals surface area contributed by atoms with Crippen LogP contribution in [0, 0.1) is 31.0 Å². The summed E-state index contributed by atoms with van der Waals surface area (Å²) in [5.74, 6) is -0.763. The van der Waals surface area contributed by atoms with Crippen LogP contribution in [0.2, 0.25) is 5.02 Å². The number of amides is 1. The molecule has 1 aromatic carbocycles. The molecule has 4 rings (SSSR count). The normalized spacial score (nSPS) is 17.7.